The molecule has 6 rings (SSSR count). The van der Waals surface area contributed by atoms with E-state index < -0.39 is 11.6 Å². The van der Waals surface area contributed by atoms with E-state index in [9.17, 15) is 9.59 Å². The van der Waals surface area contributed by atoms with Crippen molar-refractivity contribution in [3.05, 3.63) is 142 Å². The number of anilines is 1. The molecule has 9 nitrogen and oxygen atoms in total. The van der Waals surface area contributed by atoms with Gasteiger partial charge >= 0.3 is 0 Å². The maximum absolute atomic E-state index is 13.7. The molecule has 0 aliphatic heterocycles. The van der Waals surface area contributed by atoms with E-state index in [-0.39, 0.29) is 17.5 Å². The summed E-state index contributed by atoms with van der Waals surface area (Å²) < 4.78 is 2.82. The Morgan fingerprint density at radius 1 is 0.884 bits per heavy atom. The summed E-state index contributed by atoms with van der Waals surface area (Å²) in [5.74, 6) is -0.349. The summed E-state index contributed by atoms with van der Waals surface area (Å²) in [6.45, 7) is 0. The Morgan fingerprint density at radius 3 is 2.33 bits per heavy atom. The normalized spacial score (nSPS) is 11.7. The van der Waals surface area contributed by atoms with Gasteiger partial charge in [-0.1, -0.05) is 70.9 Å². The van der Waals surface area contributed by atoms with Crippen LogP contribution >= 0.6 is 23.2 Å². The van der Waals surface area contributed by atoms with Gasteiger partial charge in [-0.25, -0.2) is 9.67 Å². The van der Waals surface area contributed by atoms with Crippen LogP contribution in [0.25, 0.3) is 28.1 Å². The highest BCUT2D eigenvalue weighted by molar-refractivity contribution is 6.31. The minimum Gasteiger partial charge on any atom is -0.324 e. The van der Waals surface area contributed by atoms with Crippen molar-refractivity contribution in [3.63, 3.8) is 0 Å². The largest absolute Gasteiger partial charge is 0.324 e. The number of rotatable bonds is 8. The third kappa shape index (κ3) is 6.38. The summed E-state index contributed by atoms with van der Waals surface area (Å²) in [5.41, 5.74) is 4.60. The molecule has 3 aromatic heterocycles. The van der Waals surface area contributed by atoms with Gasteiger partial charge in [-0.2, -0.15) is 0 Å². The summed E-state index contributed by atoms with van der Waals surface area (Å²) in [6.07, 6.45) is 6.67. The van der Waals surface area contributed by atoms with Gasteiger partial charge in [-0.15, -0.1) is 5.10 Å². The van der Waals surface area contributed by atoms with Crippen molar-refractivity contribution in [2.24, 2.45) is 0 Å². The maximum Gasteiger partial charge on any atom is 0.254 e. The molecule has 1 amide bonds. The molecule has 3 heterocycles. The lowest BCUT2D eigenvalue weighted by molar-refractivity contribution is -0.119. The Morgan fingerprint density at radius 2 is 1.63 bits per heavy atom. The molecule has 0 aliphatic rings. The zero-order valence-electron chi connectivity index (χ0n) is 22.5. The highest BCUT2D eigenvalue weighted by Gasteiger charge is 2.24. The van der Waals surface area contributed by atoms with Gasteiger partial charge in [-0.3, -0.25) is 19.1 Å². The summed E-state index contributed by atoms with van der Waals surface area (Å²) >= 11 is 12.3. The number of nitrogens with zero attached hydrogens (tertiary/aromatic N) is 6. The lowest BCUT2D eigenvalue weighted by Gasteiger charge is -2.20. The minimum absolute atomic E-state index is 0.214. The third-order valence-electron chi connectivity index (χ3n) is 6.86. The molecule has 0 aliphatic carbocycles. The van der Waals surface area contributed by atoms with Crippen LogP contribution in [0.2, 0.25) is 10.2 Å². The number of hydrogen-bond donors (Lipinski definition) is 1. The second-order valence-electron chi connectivity index (χ2n) is 9.67. The average molecular weight is 608 g/mol. The van der Waals surface area contributed by atoms with Crippen molar-refractivity contribution in [1.82, 2.24) is 29.5 Å². The first kappa shape index (κ1) is 28.0. The number of carbonyl (C=O) groups is 1. The Hall–Kier alpha value is -5.12. The fourth-order valence-corrected chi connectivity index (χ4v) is 5.03. The van der Waals surface area contributed by atoms with Crippen molar-refractivity contribution < 1.29 is 4.79 Å². The molecule has 0 saturated heterocycles. The monoisotopic (exact) mass is 607 g/mol. The Balaban J connectivity index is 1.32. The van der Waals surface area contributed by atoms with Gasteiger partial charge in [0.2, 0.25) is 5.91 Å². The molecule has 1 N–H and O–H groups in total. The number of carbonyl (C=O) groups excluding carboxylic acids is 1. The summed E-state index contributed by atoms with van der Waals surface area (Å²) in [6, 6.07) is 26.5. The number of halogens is 2. The first-order valence-corrected chi connectivity index (χ1v) is 14.0. The van der Waals surface area contributed by atoms with Crippen LogP contribution in [0.5, 0.6) is 0 Å². The lowest BCUT2D eigenvalue weighted by Crippen LogP contribution is -2.34. The molecule has 11 heteroatoms. The molecule has 0 fully saturated rings. The number of benzene rings is 3. The highest BCUT2D eigenvalue weighted by atomic mass is 35.5. The van der Waals surface area contributed by atoms with Crippen LogP contribution in [-0.2, 0) is 11.2 Å². The van der Waals surface area contributed by atoms with Gasteiger partial charge in [0, 0.05) is 41.2 Å². The average Bonchev–Trinajstić information content (AvgIpc) is 3.47. The molecule has 43 heavy (non-hydrogen) atoms. The van der Waals surface area contributed by atoms with Crippen LogP contribution in [-0.4, -0.2) is 35.4 Å². The van der Waals surface area contributed by atoms with Gasteiger partial charge in [0.15, 0.2) is 5.15 Å². The molecule has 0 unspecified atom stereocenters. The van der Waals surface area contributed by atoms with Crippen molar-refractivity contribution in [2.45, 2.75) is 12.5 Å². The zero-order chi connectivity index (χ0) is 29.8. The topological polar surface area (TPSA) is 108 Å². The third-order valence-corrected chi connectivity index (χ3v) is 7.27. The van der Waals surface area contributed by atoms with E-state index in [1.807, 2.05) is 66.7 Å². The molecule has 1 atom stereocenters. The quantitative estimate of drug-likeness (QED) is 0.218. The second-order valence-corrected chi connectivity index (χ2v) is 10.5. The molecule has 0 spiro atoms. The second kappa shape index (κ2) is 12.4. The predicted molar refractivity (Wildman–Crippen MR) is 166 cm³/mol. The smallest absolute Gasteiger partial charge is 0.254 e. The van der Waals surface area contributed by atoms with Crippen LogP contribution in [0.4, 0.5) is 5.69 Å². The van der Waals surface area contributed by atoms with Gasteiger partial charge in [0.05, 0.1) is 23.9 Å². The standard InChI is InChI=1S/C32H23Cl2N7O2/c33-24-8-11-28(41-19-30(34)38-39-41)26(17-24)27-18-31(42)40(20-36-27)29(16-21-4-2-1-3-5-21)32(43)37-25-9-6-22(7-10-25)23-12-14-35-15-13-23/h1-15,17-20,29H,16H2,(H,37,43)/t29-/m0/s1. The van der Waals surface area contributed by atoms with Crippen molar-refractivity contribution in [2.75, 3.05) is 5.32 Å². The van der Waals surface area contributed by atoms with E-state index in [1.54, 1.807) is 36.8 Å². The van der Waals surface area contributed by atoms with Crippen LogP contribution in [0.3, 0.4) is 0 Å². The molecule has 0 bridgehead atoms. The first-order chi connectivity index (χ1) is 20.9. The van der Waals surface area contributed by atoms with Crippen molar-refractivity contribution >= 4 is 34.8 Å². The van der Waals surface area contributed by atoms with Gasteiger partial charge < -0.3 is 5.32 Å². The van der Waals surface area contributed by atoms with Gasteiger partial charge in [-0.05, 0) is 59.2 Å². The Labute approximate surface area is 256 Å². The van der Waals surface area contributed by atoms with E-state index in [0.29, 0.717) is 27.7 Å². The first-order valence-electron chi connectivity index (χ1n) is 13.3. The molecule has 3 aromatic carbocycles. The fraction of sp³-hybridized carbons (Fsp3) is 0.0625. The van der Waals surface area contributed by atoms with Crippen LogP contribution < -0.4 is 10.9 Å². The molecule has 212 valence electrons. The fourth-order valence-electron chi connectivity index (χ4n) is 4.74. The van der Waals surface area contributed by atoms with E-state index in [1.165, 1.54) is 21.6 Å². The summed E-state index contributed by atoms with van der Waals surface area (Å²) in [5, 5.41) is 11.5. The number of pyridine rings is 1. The Kier molecular flexibility index (Phi) is 8.08. The minimum atomic E-state index is -0.871. The SMILES string of the molecule is O=C(Nc1ccc(-c2ccncc2)cc1)[C@H](Cc1ccccc1)n1cnc(-c2cc(Cl)ccc2-n2cc(Cl)nn2)cc1=O. The zero-order valence-corrected chi connectivity index (χ0v) is 24.0. The van der Waals surface area contributed by atoms with Gasteiger partial charge in [0.25, 0.3) is 5.56 Å². The summed E-state index contributed by atoms with van der Waals surface area (Å²) in [4.78, 5) is 35.9. The number of amides is 1. The molecule has 6 aromatic rings. The van der Waals surface area contributed by atoms with Crippen LogP contribution in [0, 0.1) is 0 Å². The van der Waals surface area contributed by atoms with E-state index >= 15 is 0 Å². The van der Waals surface area contributed by atoms with E-state index in [0.717, 1.165) is 16.7 Å². The maximum atomic E-state index is 13.7. The lowest BCUT2D eigenvalue weighted by atomic mass is 10.0. The van der Waals surface area contributed by atoms with E-state index in [2.05, 4.69) is 25.6 Å². The molecule has 0 saturated carbocycles. The molecular formula is C32H23Cl2N7O2. The number of nitrogens with one attached hydrogen (secondary N) is 1. The van der Waals surface area contributed by atoms with E-state index in [4.69, 9.17) is 23.2 Å². The molecule has 0 radical (unpaired) electrons. The Bertz CT molecular complexity index is 1940. The highest BCUT2D eigenvalue weighted by Crippen LogP contribution is 2.28. The number of hydrogen-bond acceptors (Lipinski definition) is 6. The van der Waals surface area contributed by atoms with Gasteiger partial charge in [0.1, 0.15) is 6.04 Å². The molecular weight excluding hydrogens is 585 g/mol. The van der Waals surface area contributed by atoms with Crippen LogP contribution in [0.1, 0.15) is 11.6 Å². The van der Waals surface area contributed by atoms with Crippen molar-refractivity contribution in [3.8, 4) is 28.1 Å². The van der Waals surface area contributed by atoms with Crippen LogP contribution in [0.15, 0.2) is 121 Å². The number of aromatic nitrogens is 6. The van der Waals surface area contributed by atoms with Crippen molar-refractivity contribution in [1.29, 1.82) is 0 Å². The predicted octanol–water partition coefficient (Wildman–Crippen LogP) is 6.28. The summed E-state index contributed by atoms with van der Waals surface area (Å²) in [7, 11) is 0.